The highest BCUT2D eigenvalue weighted by Crippen LogP contribution is 2.47. The quantitative estimate of drug-likeness (QED) is 0.448. The summed E-state index contributed by atoms with van der Waals surface area (Å²) in [6, 6.07) is 20.1. The molecular weight excluding hydrogens is 390 g/mol. The normalized spacial score (nSPS) is 15.4. The first-order valence-electron chi connectivity index (χ1n) is 9.83. The number of hydrogen-bond donors (Lipinski definition) is 0. The second kappa shape index (κ2) is 8.41. The summed E-state index contributed by atoms with van der Waals surface area (Å²) in [4.78, 5) is 6.27. The number of fused-ring (bicyclic) bond motifs is 3. The third kappa shape index (κ3) is 3.66. The maximum absolute atomic E-state index is 10.1. The molecule has 1 aliphatic heterocycles. The van der Waals surface area contributed by atoms with Crippen molar-refractivity contribution in [3.63, 3.8) is 0 Å². The number of ether oxygens (including phenoxy) is 3. The molecule has 31 heavy (non-hydrogen) atoms. The van der Waals surface area contributed by atoms with Crippen molar-refractivity contribution in [1.29, 1.82) is 5.26 Å². The molecule has 156 valence electrons. The van der Waals surface area contributed by atoms with Crippen molar-refractivity contribution in [2.24, 2.45) is 4.99 Å². The largest absolute Gasteiger partial charge is 0.493 e. The molecule has 1 atom stereocenters. The van der Waals surface area contributed by atoms with Crippen LogP contribution in [0.5, 0.6) is 17.2 Å². The number of allylic oxidation sites excluding steroid dienone is 1. The Bertz CT molecular complexity index is 1240. The van der Waals surface area contributed by atoms with E-state index >= 15 is 0 Å². The van der Waals surface area contributed by atoms with Crippen LogP contribution in [0, 0.1) is 11.3 Å². The standard InChI is InChI=1S/C25H23N3O3/c1-28(2)15-27-25-20(14-26)23(17-10-12-21(29-3)22(13-17)30-4)19-11-9-16-7-5-6-8-18(16)24(19)31-25/h5-13,15,23H,1-4H3/b27-15+. The summed E-state index contributed by atoms with van der Waals surface area (Å²) in [6.07, 6.45) is 1.63. The molecular formula is C25H23N3O3. The zero-order chi connectivity index (χ0) is 22.0. The minimum Gasteiger partial charge on any atom is -0.493 e. The lowest BCUT2D eigenvalue weighted by Crippen LogP contribution is -2.17. The van der Waals surface area contributed by atoms with Crippen LogP contribution in [-0.4, -0.2) is 39.6 Å². The van der Waals surface area contributed by atoms with Gasteiger partial charge in [-0.2, -0.15) is 5.26 Å². The Morgan fingerprint density at radius 2 is 1.81 bits per heavy atom. The smallest absolute Gasteiger partial charge is 0.235 e. The van der Waals surface area contributed by atoms with Crippen molar-refractivity contribution in [3.8, 4) is 23.3 Å². The third-order valence-corrected chi connectivity index (χ3v) is 5.21. The average molecular weight is 413 g/mol. The van der Waals surface area contributed by atoms with Crippen LogP contribution < -0.4 is 14.2 Å². The highest BCUT2D eigenvalue weighted by molar-refractivity contribution is 5.91. The summed E-state index contributed by atoms with van der Waals surface area (Å²) in [5, 5.41) is 12.1. The predicted octanol–water partition coefficient (Wildman–Crippen LogP) is 4.71. The lowest BCUT2D eigenvalue weighted by Gasteiger charge is -2.28. The van der Waals surface area contributed by atoms with Gasteiger partial charge in [0.2, 0.25) is 5.88 Å². The number of benzene rings is 3. The van der Waals surface area contributed by atoms with Crippen LogP contribution in [0.2, 0.25) is 0 Å². The molecule has 0 spiro atoms. The second-order valence-electron chi connectivity index (χ2n) is 7.39. The van der Waals surface area contributed by atoms with Crippen LogP contribution in [0.25, 0.3) is 10.8 Å². The van der Waals surface area contributed by atoms with E-state index in [1.165, 1.54) is 0 Å². The summed E-state index contributed by atoms with van der Waals surface area (Å²) in [5.74, 6) is 1.88. The minimum atomic E-state index is -0.354. The van der Waals surface area contributed by atoms with Gasteiger partial charge < -0.3 is 19.1 Å². The molecule has 4 rings (SSSR count). The van der Waals surface area contributed by atoms with Crippen LogP contribution in [0.1, 0.15) is 17.0 Å². The van der Waals surface area contributed by atoms with Gasteiger partial charge in [0.25, 0.3) is 0 Å². The Morgan fingerprint density at radius 1 is 1.03 bits per heavy atom. The monoisotopic (exact) mass is 413 g/mol. The van der Waals surface area contributed by atoms with Crippen molar-refractivity contribution < 1.29 is 14.2 Å². The predicted molar refractivity (Wildman–Crippen MR) is 121 cm³/mol. The van der Waals surface area contributed by atoms with Gasteiger partial charge in [-0.1, -0.05) is 42.5 Å². The number of nitriles is 1. The first-order valence-corrected chi connectivity index (χ1v) is 9.83. The lowest BCUT2D eigenvalue weighted by atomic mass is 9.82. The van der Waals surface area contributed by atoms with Crippen molar-refractivity contribution in [2.45, 2.75) is 5.92 Å². The van der Waals surface area contributed by atoms with E-state index in [1.54, 1.807) is 25.5 Å². The van der Waals surface area contributed by atoms with E-state index in [4.69, 9.17) is 14.2 Å². The Labute approximate surface area is 181 Å². The molecule has 0 aliphatic carbocycles. The molecule has 6 heteroatoms. The fourth-order valence-electron chi connectivity index (χ4n) is 3.79. The van der Waals surface area contributed by atoms with Gasteiger partial charge in [0.15, 0.2) is 11.5 Å². The minimum absolute atomic E-state index is 0.292. The molecule has 1 heterocycles. The van der Waals surface area contributed by atoms with Gasteiger partial charge in [-0.3, -0.25) is 0 Å². The van der Waals surface area contributed by atoms with E-state index < -0.39 is 0 Å². The summed E-state index contributed by atoms with van der Waals surface area (Å²) >= 11 is 0. The molecule has 0 N–H and O–H groups in total. The van der Waals surface area contributed by atoms with Gasteiger partial charge in [0.05, 0.1) is 26.5 Å². The van der Waals surface area contributed by atoms with Crippen LogP contribution in [-0.2, 0) is 0 Å². The zero-order valence-electron chi connectivity index (χ0n) is 17.9. The fourth-order valence-corrected chi connectivity index (χ4v) is 3.79. The van der Waals surface area contributed by atoms with Gasteiger partial charge in [0, 0.05) is 25.0 Å². The van der Waals surface area contributed by atoms with Crippen LogP contribution >= 0.6 is 0 Å². The maximum atomic E-state index is 10.1. The Hall–Kier alpha value is -3.98. The first-order chi connectivity index (χ1) is 15.1. The number of aliphatic imine (C=N–C) groups is 1. The SMILES string of the molecule is COc1ccc(C2C(C#N)=C(/N=C/N(C)C)Oc3c2ccc2ccccc32)cc1OC. The van der Waals surface area contributed by atoms with E-state index in [-0.39, 0.29) is 5.92 Å². The van der Waals surface area contributed by atoms with Crippen molar-refractivity contribution in [1.82, 2.24) is 4.90 Å². The van der Waals surface area contributed by atoms with Crippen molar-refractivity contribution >= 4 is 17.1 Å². The molecule has 1 aliphatic rings. The van der Waals surface area contributed by atoms with Gasteiger partial charge in [0.1, 0.15) is 17.4 Å². The molecule has 6 nitrogen and oxygen atoms in total. The lowest BCUT2D eigenvalue weighted by molar-refractivity contribution is 0.354. The van der Waals surface area contributed by atoms with E-state index in [1.807, 2.05) is 68.7 Å². The Kier molecular flexibility index (Phi) is 5.50. The number of nitrogens with zero attached hydrogens (tertiary/aromatic N) is 3. The van der Waals surface area contributed by atoms with Gasteiger partial charge in [-0.25, -0.2) is 4.99 Å². The summed E-state index contributed by atoms with van der Waals surface area (Å²) in [5.41, 5.74) is 2.24. The average Bonchev–Trinajstić information content (AvgIpc) is 2.80. The molecule has 3 aromatic carbocycles. The number of hydrogen-bond acceptors (Lipinski definition) is 5. The molecule has 0 amide bonds. The van der Waals surface area contributed by atoms with Gasteiger partial charge in [-0.05, 0) is 23.1 Å². The molecule has 0 aromatic heterocycles. The molecule has 0 bridgehead atoms. The zero-order valence-corrected chi connectivity index (χ0v) is 17.9. The molecule has 1 unspecified atom stereocenters. The van der Waals surface area contributed by atoms with Gasteiger partial charge >= 0.3 is 0 Å². The van der Waals surface area contributed by atoms with Crippen LogP contribution in [0.4, 0.5) is 0 Å². The van der Waals surface area contributed by atoms with E-state index in [2.05, 4.69) is 11.1 Å². The van der Waals surface area contributed by atoms with E-state index in [0.717, 1.165) is 21.9 Å². The summed E-state index contributed by atoms with van der Waals surface area (Å²) in [6.45, 7) is 0. The first kappa shape index (κ1) is 20.3. The maximum Gasteiger partial charge on any atom is 0.235 e. The fraction of sp³-hybridized carbons (Fsp3) is 0.200. The molecule has 0 saturated carbocycles. The second-order valence-corrected chi connectivity index (χ2v) is 7.39. The number of rotatable bonds is 5. The van der Waals surface area contributed by atoms with Crippen molar-refractivity contribution in [2.75, 3.05) is 28.3 Å². The molecule has 0 fully saturated rings. The van der Waals surface area contributed by atoms with Crippen molar-refractivity contribution in [3.05, 3.63) is 77.2 Å². The van der Waals surface area contributed by atoms with Crippen LogP contribution in [0.3, 0.4) is 0 Å². The van der Waals surface area contributed by atoms with E-state index in [9.17, 15) is 5.26 Å². The molecule has 0 saturated heterocycles. The molecule has 3 aromatic rings. The third-order valence-electron chi connectivity index (χ3n) is 5.21. The Balaban J connectivity index is 1.99. The molecule has 0 radical (unpaired) electrons. The topological polar surface area (TPSA) is 67.1 Å². The van der Waals surface area contributed by atoms with Gasteiger partial charge in [-0.15, -0.1) is 0 Å². The summed E-state index contributed by atoms with van der Waals surface area (Å²) in [7, 11) is 6.94. The highest BCUT2D eigenvalue weighted by atomic mass is 16.5. The highest BCUT2D eigenvalue weighted by Gasteiger charge is 2.33. The Morgan fingerprint density at radius 3 is 2.52 bits per heavy atom. The summed E-state index contributed by atoms with van der Waals surface area (Å²) < 4.78 is 17.1. The van der Waals surface area contributed by atoms with Crippen LogP contribution in [0.15, 0.2) is 71.0 Å². The number of methoxy groups -OCH3 is 2. The van der Waals surface area contributed by atoms with E-state index in [0.29, 0.717) is 28.7 Å².